The Morgan fingerprint density at radius 1 is 1.19 bits per heavy atom. The van der Waals surface area contributed by atoms with Gasteiger partial charge >= 0.3 is 0 Å². The summed E-state index contributed by atoms with van der Waals surface area (Å²) in [6.07, 6.45) is 7.01. The molecule has 0 aliphatic carbocycles. The highest BCUT2D eigenvalue weighted by Crippen LogP contribution is 2.30. The van der Waals surface area contributed by atoms with Gasteiger partial charge in [0.2, 0.25) is 11.9 Å². The van der Waals surface area contributed by atoms with Crippen LogP contribution >= 0.6 is 0 Å². The Hall–Kier alpha value is -3.62. The predicted octanol–water partition coefficient (Wildman–Crippen LogP) is 2.27. The molecule has 1 unspecified atom stereocenters. The van der Waals surface area contributed by atoms with E-state index in [4.69, 9.17) is 14.5 Å². The van der Waals surface area contributed by atoms with E-state index < -0.39 is 0 Å². The van der Waals surface area contributed by atoms with E-state index in [1.807, 2.05) is 37.4 Å². The number of aryl methyl sites for hydroxylation is 1. The molecule has 2 aromatic heterocycles. The number of hydrogen-bond donors (Lipinski definition) is 1. The zero-order valence-electron chi connectivity index (χ0n) is 18.0. The van der Waals surface area contributed by atoms with Crippen LogP contribution in [0.1, 0.15) is 24.1 Å². The van der Waals surface area contributed by atoms with Crippen molar-refractivity contribution in [3.63, 3.8) is 0 Å². The van der Waals surface area contributed by atoms with Gasteiger partial charge in [0.05, 0.1) is 5.92 Å². The van der Waals surface area contributed by atoms with Crippen molar-refractivity contribution in [2.45, 2.75) is 26.3 Å². The summed E-state index contributed by atoms with van der Waals surface area (Å²) in [7, 11) is 0. The molecule has 1 saturated heterocycles. The van der Waals surface area contributed by atoms with Crippen molar-refractivity contribution in [3.05, 3.63) is 54.2 Å². The molecule has 5 rings (SSSR count). The fraction of sp³-hybridized carbons (Fsp3) is 0.391. The topological polar surface area (TPSA) is 94.4 Å². The van der Waals surface area contributed by atoms with Gasteiger partial charge in [0, 0.05) is 43.8 Å². The highest BCUT2D eigenvalue weighted by molar-refractivity contribution is 5.79. The van der Waals surface area contributed by atoms with Crippen molar-refractivity contribution in [2.75, 3.05) is 31.2 Å². The third-order valence-electron chi connectivity index (χ3n) is 5.75. The van der Waals surface area contributed by atoms with Crippen molar-refractivity contribution in [1.29, 1.82) is 0 Å². The standard InChI is InChI=1S/C23H26N6O3/c1-16-11-21(27-23(26-16)29-8-6-24-15-29)28-7-2-3-18(14-28)22(30)25-13-17-4-5-19-20(12-17)32-10-9-31-19/h4-6,8,11-12,15,18H,2-3,7,9-10,13-14H2,1H3,(H,25,30). The van der Waals surface area contributed by atoms with Crippen LogP contribution in [0.25, 0.3) is 5.95 Å². The second-order valence-corrected chi connectivity index (χ2v) is 8.12. The lowest BCUT2D eigenvalue weighted by molar-refractivity contribution is -0.125. The van der Waals surface area contributed by atoms with Crippen LogP contribution in [-0.2, 0) is 11.3 Å². The van der Waals surface area contributed by atoms with Crippen molar-refractivity contribution < 1.29 is 14.3 Å². The number of carbonyl (C=O) groups is 1. The van der Waals surface area contributed by atoms with E-state index in [1.165, 1.54) is 0 Å². The summed E-state index contributed by atoms with van der Waals surface area (Å²) in [5.74, 6) is 2.88. The van der Waals surface area contributed by atoms with Crippen LogP contribution in [0.4, 0.5) is 5.82 Å². The highest BCUT2D eigenvalue weighted by atomic mass is 16.6. The van der Waals surface area contributed by atoms with Gasteiger partial charge in [-0.25, -0.2) is 9.97 Å². The summed E-state index contributed by atoms with van der Waals surface area (Å²) in [6.45, 7) is 5.03. The normalized spacial score (nSPS) is 17.8. The summed E-state index contributed by atoms with van der Waals surface area (Å²) in [5.41, 5.74) is 1.87. The fourth-order valence-corrected chi connectivity index (χ4v) is 4.12. The first-order valence-corrected chi connectivity index (χ1v) is 10.9. The Morgan fingerprint density at radius 2 is 2.06 bits per heavy atom. The molecule has 166 valence electrons. The van der Waals surface area contributed by atoms with Gasteiger partial charge < -0.3 is 19.7 Å². The van der Waals surface area contributed by atoms with E-state index in [0.717, 1.165) is 48.0 Å². The molecule has 3 aromatic rings. The maximum atomic E-state index is 12.9. The molecular formula is C23H26N6O3. The summed E-state index contributed by atoms with van der Waals surface area (Å²) in [6, 6.07) is 7.76. The van der Waals surface area contributed by atoms with Gasteiger partial charge in [0.25, 0.3) is 0 Å². The van der Waals surface area contributed by atoms with Crippen LogP contribution in [0, 0.1) is 12.8 Å². The summed E-state index contributed by atoms with van der Waals surface area (Å²) < 4.78 is 13.0. The maximum absolute atomic E-state index is 12.9. The number of nitrogens with zero attached hydrogens (tertiary/aromatic N) is 5. The van der Waals surface area contributed by atoms with Gasteiger partial charge in [-0.3, -0.25) is 9.36 Å². The van der Waals surface area contributed by atoms with Gasteiger partial charge in [0.1, 0.15) is 25.4 Å². The first kappa shape index (κ1) is 20.3. The monoisotopic (exact) mass is 434 g/mol. The molecular weight excluding hydrogens is 408 g/mol. The van der Waals surface area contributed by atoms with Gasteiger partial charge in [-0.05, 0) is 37.5 Å². The number of rotatable bonds is 5. The lowest BCUT2D eigenvalue weighted by Crippen LogP contribution is -2.43. The number of aromatic nitrogens is 4. The molecule has 0 spiro atoms. The number of fused-ring (bicyclic) bond motifs is 1. The number of carbonyl (C=O) groups excluding carboxylic acids is 1. The van der Waals surface area contributed by atoms with Crippen LogP contribution < -0.4 is 19.7 Å². The summed E-state index contributed by atoms with van der Waals surface area (Å²) >= 11 is 0. The number of imidazole rings is 1. The molecule has 2 aliphatic heterocycles. The minimum absolute atomic E-state index is 0.0604. The number of nitrogens with one attached hydrogen (secondary N) is 1. The Labute approximate surface area is 186 Å². The molecule has 2 aliphatic rings. The van der Waals surface area contributed by atoms with Crippen LogP contribution in [0.5, 0.6) is 11.5 Å². The molecule has 1 N–H and O–H groups in total. The summed E-state index contributed by atoms with van der Waals surface area (Å²) in [4.78, 5) is 28.4. The van der Waals surface area contributed by atoms with Crippen LogP contribution in [0.2, 0.25) is 0 Å². The number of piperidine rings is 1. The Bertz CT molecular complexity index is 1100. The third kappa shape index (κ3) is 4.37. The summed E-state index contributed by atoms with van der Waals surface area (Å²) in [5, 5.41) is 3.09. The van der Waals surface area contributed by atoms with E-state index in [9.17, 15) is 4.79 Å². The van der Waals surface area contributed by atoms with E-state index in [2.05, 4.69) is 20.2 Å². The number of amides is 1. The Kier molecular flexibility index (Phi) is 5.62. The molecule has 4 heterocycles. The molecule has 32 heavy (non-hydrogen) atoms. The molecule has 1 aromatic carbocycles. The van der Waals surface area contributed by atoms with E-state index >= 15 is 0 Å². The quantitative estimate of drug-likeness (QED) is 0.658. The largest absolute Gasteiger partial charge is 0.486 e. The second-order valence-electron chi connectivity index (χ2n) is 8.12. The smallest absolute Gasteiger partial charge is 0.237 e. The minimum atomic E-state index is -0.0899. The second kappa shape index (κ2) is 8.86. The van der Waals surface area contributed by atoms with Crippen molar-refractivity contribution in [3.8, 4) is 17.4 Å². The number of anilines is 1. The molecule has 9 nitrogen and oxygen atoms in total. The molecule has 0 radical (unpaired) electrons. The van der Waals surface area contributed by atoms with E-state index in [1.54, 1.807) is 17.1 Å². The van der Waals surface area contributed by atoms with Gasteiger partial charge in [0.15, 0.2) is 11.5 Å². The maximum Gasteiger partial charge on any atom is 0.237 e. The minimum Gasteiger partial charge on any atom is -0.486 e. The fourth-order valence-electron chi connectivity index (χ4n) is 4.12. The first-order valence-electron chi connectivity index (χ1n) is 10.9. The SMILES string of the molecule is Cc1cc(N2CCCC(C(=O)NCc3ccc4c(c3)OCCO4)C2)nc(-n2ccnc2)n1. The highest BCUT2D eigenvalue weighted by Gasteiger charge is 2.27. The van der Waals surface area contributed by atoms with Crippen molar-refractivity contribution in [2.24, 2.45) is 5.92 Å². The molecule has 9 heteroatoms. The average molecular weight is 435 g/mol. The number of benzene rings is 1. The zero-order valence-corrected chi connectivity index (χ0v) is 18.0. The Balaban J connectivity index is 1.24. The van der Waals surface area contributed by atoms with Crippen LogP contribution in [0.15, 0.2) is 43.0 Å². The number of hydrogen-bond acceptors (Lipinski definition) is 7. The van der Waals surface area contributed by atoms with Gasteiger partial charge in [-0.2, -0.15) is 4.98 Å². The van der Waals surface area contributed by atoms with Gasteiger partial charge in [-0.15, -0.1) is 0 Å². The lowest BCUT2D eigenvalue weighted by atomic mass is 9.97. The third-order valence-corrected chi connectivity index (χ3v) is 5.75. The molecule has 0 saturated carbocycles. The zero-order chi connectivity index (χ0) is 21.9. The van der Waals surface area contributed by atoms with Crippen molar-refractivity contribution in [1.82, 2.24) is 24.8 Å². The molecule has 1 atom stereocenters. The molecule has 1 amide bonds. The van der Waals surface area contributed by atoms with E-state index in [0.29, 0.717) is 32.3 Å². The predicted molar refractivity (Wildman–Crippen MR) is 118 cm³/mol. The van der Waals surface area contributed by atoms with Crippen LogP contribution in [-0.4, -0.2) is 51.7 Å². The van der Waals surface area contributed by atoms with Crippen LogP contribution in [0.3, 0.4) is 0 Å². The lowest BCUT2D eigenvalue weighted by Gasteiger charge is -2.33. The molecule has 0 bridgehead atoms. The first-order chi connectivity index (χ1) is 15.7. The average Bonchev–Trinajstić information content (AvgIpc) is 3.37. The van der Waals surface area contributed by atoms with Gasteiger partial charge in [-0.1, -0.05) is 6.07 Å². The number of ether oxygens (including phenoxy) is 2. The van der Waals surface area contributed by atoms with E-state index in [-0.39, 0.29) is 11.8 Å². The van der Waals surface area contributed by atoms with Crippen molar-refractivity contribution >= 4 is 11.7 Å². The Morgan fingerprint density at radius 3 is 2.91 bits per heavy atom. The molecule has 1 fully saturated rings.